The van der Waals surface area contributed by atoms with Crippen molar-refractivity contribution in [1.29, 1.82) is 0 Å². The van der Waals surface area contributed by atoms with Crippen molar-refractivity contribution < 1.29 is 23.5 Å². The maximum Gasteiger partial charge on any atom is 0.328 e. The minimum absolute atomic E-state index is 0.0584. The van der Waals surface area contributed by atoms with Gasteiger partial charge in [0.2, 0.25) is 11.8 Å². The molecule has 11 heteroatoms. The maximum absolute atomic E-state index is 16.1. The normalized spacial score (nSPS) is 18.1. The number of aromatic nitrogens is 2. The summed E-state index contributed by atoms with van der Waals surface area (Å²) < 4.78 is 26.8. The molecule has 1 fully saturated rings. The minimum atomic E-state index is -1.59. The van der Waals surface area contributed by atoms with Crippen LogP contribution in [0.25, 0.3) is 21.5 Å². The predicted octanol–water partition coefficient (Wildman–Crippen LogP) is 3.03. The predicted molar refractivity (Wildman–Crippen MR) is 129 cm³/mol. The van der Waals surface area contributed by atoms with Crippen LogP contribution in [-0.2, 0) is 20.7 Å². The Bertz CT molecular complexity index is 1320. The lowest BCUT2D eigenvalue weighted by molar-refractivity contribution is -0.144. The van der Waals surface area contributed by atoms with Crippen LogP contribution >= 0.6 is 11.5 Å². The summed E-state index contributed by atoms with van der Waals surface area (Å²) in [4.78, 5) is 43.8. The number of carbonyl (C=O) groups excluding carboxylic acids is 3. The highest BCUT2D eigenvalue weighted by molar-refractivity contribution is 7.13. The molecule has 2 aliphatic rings. The first-order valence-electron chi connectivity index (χ1n) is 11.3. The Morgan fingerprint density at radius 1 is 1.20 bits per heavy atom. The number of amides is 4. The molecule has 1 aromatic carbocycles. The summed E-state index contributed by atoms with van der Waals surface area (Å²) in [6, 6.07) is 6.31. The summed E-state index contributed by atoms with van der Waals surface area (Å²) in [7, 11) is 0. The zero-order chi connectivity index (χ0) is 24.9. The Hall–Kier alpha value is -3.44. The molecular formula is C24H24FN5O4S. The van der Waals surface area contributed by atoms with Crippen LogP contribution in [0.4, 0.5) is 14.9 Å². The third-order valence-electron chi connectivity index (χ3n) is 6.24. The van der Waals surface area contributed by atoms with E-state index >= 15 is 4.39 Å². The first-order chi connectivity index (χ1) is 16.7. The number of urea groups is 1. The van der Waals surface area contributed by atoms with Gasteiger partial charge in [0.1, 0.15) is 11.1 Å². The van der Waals surface area contributed by atoms with Gasteiger partial charge in [-0.1, -0.05) is 6.07 Å². The van der Waals surface area contributed by atoms with Gasteiger partial charge in [-0.3, -0.25) is 25.2 Å². The molecule has 0 unspecified atom stereocenters. The standard InChI is InChI=1S/C24H24FN5O4S/c1-12(2)34-13(3)10-30-11-24(21(31)27-23(33)28-22(24)32)9-14-8-15-18(16-6-4-5-7-26-16)29-35-20(15)17(25)19(14)30/h4-8,12-13H,9-11H2,1-3H3,(H2,27,28,31,32,33)/t13-/m1/s1. The first-order valence-corrected chi connectivity index (χ1v) is 12.1. The monoisotopic (exact) mass is 497 g/mol. The van der Waals surface area contributed by atoms with Gasteiger partial charge >= 0.3 is 6.03 Å². The van der Waals surface area contributed by atoms with Gasteiger partial charge in [-0.25, -0.2) is 9.18 Å². The molecule has 5 rings (SSSR count). The van der Waals surface area contributed by atoms with Crippen LogP contribution in [0.15, 0.2) is 30.5 Å². The van der Waals surface area contributed by atoms with Crippen LogP contribution in [0, 0.1) is 11.2 Å². The molecule has 2 aliphatic heterocycles. The number of barbiturate groups is 1. The van der Waals surface area contributed by atoms with Crippen molar-refractivity contribution in [2.45, 2.75) is 39.4 Å². The molecule has 0 bridgehead atoms. The topological polar surface area (TPSA) is 114 Å². The fraction of sp³-hybridized carbons (Fsp3) is 0.375. The van der Waals surface area contributed by atoms with Gasteiger partial charge in [0.25, 0.3) is 0 Å². The second-order valence-corrected chi connectivity index (χ2v) is 9.97. The Balaban J connectivity index is 1.67. The molecule has 3 aromatic rings. The smallest absolute Gasteiger partial charge is 0.328 e. The lowest BCUT2D eigenvalue weighted by Crippen LogP contribution is -2.68. The number of nitrogens with zero attached hydrogens (tertiary/aromatic N) is 3. The van der Waals surface area contributed by atoms with Crippen LogP contribution < -0.4 is 15.5 Å². The van der Waals surface area contributed by atoms with Gasteiger partial charge in [-0.15, -0.1) is 0 Å². The molecule has 4 amide bonds. The number of rotatable bonds is 5. The summed E-state index contributed by atoms with van der Waals surface area (Å²) in [5.41, 5.74) is 0.333. The van der Waals surface area contributed by atoms with Crippen molar-refractivity contribution in [1.82, 2.24) is 20.0 Å². The second-order valence-electron chi connectivity index (χ2n) is 9.19. The number of pyridine rings is 1. The summed E-state index contributed by atoms with van der Waals surface area (Å²) in [5, 5.41) is 4.98. The molecule has 2 N–H and O–H groups in total. The van der Waals surface area contributed by atoms with E-state index < -0.39 is 29.1 Å². The number of anilines is 1. The molecular weight excluding hydrogens is 473 g/mol. The van der Waals surface area contributed by atoms with Gasteiger partial charge in [-0.05, 0) is 62.5 Å². The van der Waals surface area contributed by atoms with Crippen molar-refractivity contribution in [3.05, 3.63) is 41.8 Å². The van der Waals surface area contributed by atoms with E-state index in [-0.39, 0.29) is 31.7 Å². The summed E-state index contributed by atoms with van der Waals surface area (Å²) in [5.74, 6) is -1.86. The van der Waals surface area contributed by atoms with E-state index in [2.05, 4.69) is 20.0 Å². The van der Waals surface area contributed by atoms with Crippen LogP contribution in [0.3, 0.4) is 0 Å². The highest BCUT2D eigenvalue weighted by atomic mass is 32.1. The molecule has 1 saturated heterocycles. The number of imide groups is 2. The van der Waals surface area contributed by atoms with E-state index in [1.807, 2.05) is 26.8 Å². The number of hydrogen-bond donors (Lipinski definition) is 2. The molecule has 1 spiro atoms. The number of fused-ring (bicyclic) bond motifs is 2. The van der Waals surface area contributed by atoms with Gasteiger partial charge in [-0.2, -0.15) is 4.37 Å². The van der Waals surface area contributed by atoms with Crippen LogP contribution in [-0.4, -0.2) is 52.5 Å². The first kappa shape index (κ1) is 23.3. The maximum atomic E-state index is 16.1. The van der Waals surface area contributed by atoms with Gasteiger partial charge in [0, 0.05) is 24.7 Å². The quantitative estimate of drug-likeness (QED) is 0.521. The van der Waals surface area contributed by atoms with E-state index in [0.717, 1.165) is 11.5 Å². The fourth-order valence-corrected chi connectivity index (χ4v) is 5.69. The van der Waals surface area contributed by atoms with Gasteiger partial charge < -0.3 is 9.64 Å². The van der Waals surface area contributed by atoms with E-state index in [1.54, 1.807) is 29.3 Å². The number of halogens is 1. The molecule has 2 aromatic heterocycles. The molecule has 182 valence electrons. The highest BCUT2D eigenvalue weighted by Gasteiger charge is 2.54. The lowest BCUT2D eigenvalue weighted by atomic mass is 9.74. The third-order valence-corrected chi connectivity index (χ3v) is 7.10. The van der Waals surface area contributed by atoms with Gasteiger partial charge in [0.05, 0.1) is 28.3 Å². The summed E-state index contributed by atoms with van der Waals surface area (Å²) in [6.07, 6.45) is 1.20. The van der Waals surface area contributed by atoms with Crippen LogP contribution in [0.2, 0.25) is 0 Å². The van der Waals surface area contributed by atoms with E-state index in [4.69, 9.17) is 4.74 Å². The van der Waals surface area contributed by atoms with Crippen molar-refractivity contribution in [2.75, 3.05) is 18.0 Å². The SMILES string of the molecule is CC(C)O[C@H](C)CN1CC2(Cc3cc4c(-c5ccccn5)nsc4c(F)c31)C(=O)NC(=O)NC2=O. The van der Waals surface area contributed by atoms with Crippen LogP contribution in [0.5, 0.6) is 0 Å². The molecule has 35 heavy (non-hydrogen) atoms. The Kier molecular flexibility index (Phi) is 5.76. The van der Waals surface area contributed by atoms with Gasteiger partial charge in [0.15, 0.2) is 5.82 Å². The average molecular weight is 498 g/mol. The summed E-state index contributed by atoms with van der Waals surface area (Å²) in [6.45, 7) is 5.81. The number of benzene rings is 1. The van der Waals surface area contributed by atoms with Crippen molar-refractivity contribution in [2.24, 2.45) is 5.41 Å². The Labute approximate surface area is 204 Å². The summed E-state index contributed by atoms with van der Waals surface area (Å²) >= 11 is 1.04. The number of nitrogens with one attached hydrogen (secondary N) is 2. The largest absolute Gasteiger partial charge is 0.374 e. The molecule has 0 aliphatic carbocycles. The number of hydrogen-bond acceptors (Lipinski definition) is 8. The van der Waals surface area contributed by atoms with E-state index in [9.17, 15) is 14.4 Å². The zero-order valence-electron chi connectivity index (χ0n) is 19.4. The number of ether oxygens (including phenoxy) is 1. The van der Waals surface area contributed by atoms with E-state index in [0.29, 0.717) is 32.7 Å². The third kappa shape index (κ3) is 3.94. The fourth-order valence-electron chi connectivity index (χ4n) is 4.89. The minimum Gasteiger partial charge on any atom is -0.374 e. The molecule has 1 atom stereocenters. The number of carbonyl (C=O) groups is 3. The van der Waals surface area contributed by atoms with Crippen molar-refractivity contribution in [3.63, 3.8) is 0 Å². The van der Waals surface area contributed by atoms with Crippen LogP contribution in [0.1, 0.15) is 26.3 Å². The molecule has 0 radical (unpaired) electrons. The highest BCUT2D eigenvalue weighted by Crippen LogP contribution is 2.45. The van der Waals surface area contributed by atoms with Crippen molar-refractivity contribution >= 4 is 45.2 Å². The Morgan fingerprint density at radius 2 is 1.94 bits per heavy atom. The van der Waals surface area contributed by atoms with Crippen molar-refractivity contribution in [3.8, 4) is 11.4 Å². The molecule has 9 nitrogen and oxygen atoms in total. The Morgan fingerprint density at radius 3 is 2.60 bits per heavy atom. The van der Waals surface area contributed by atoms with E-state index in [1.165, 1.54) is 0 Å². The second kappa shape index (κ2) is 8.65. The molecule has 4 heterocycles. The lowest BCUT2D eigenvalue weighted by Gasteiger charge is -2.44. The zero-order valence-corrected chi connectivity index (χ0v) is 20.2. The average Bonchev–Trinajstić information content (AvgIpc) is 3.21. The molecule has 0 saturated carbocycles.